The number of carbonyl (C=O) groups excluding carboxylic acids is 3. The van der Waals surface area contributed by atoms with Crippen molar-refractivity contribution >= 4 is 23.5 Å². The molecule has 1 aliphatic carbocycles. The number of nitrogens with one attached hydrogen (secondary N) is 1. The van der Waals surface area contributed by atoms with Crippen molar-refractivity contribution in [3.8, 4) is 0 Å². The van der Waals surface area contributed by atoms with Crippen LogP contribution in [-0.2, 0) is 19.1 Å². The van der Waals surface area contributed by atoms with Crippen molar-refractivity contribution in [1.82, 2.24) is 5.32 Å². The minimum absolute atomic E-state index is 0.103. The molecule has 0 aliphatic heterocycles. The standard InChI is InChI=1S/C21H30N2O4/c1-20(2,3)22-17(24)14-21(12-8-9-13-21)19(26)27-15-18(25)23(4)16-10-6-5-7-11-16/h5-7,10-11H,8-9,12-15H2,1-4H3,(H,22,24). The Bertz CT molecular complexity index is 673. The second-order valence-corrected chi connectivity index (χ2v) is 8.33. The van der Waals surface area contributed by atoms with Gasteiger partial charge in [-0.1, -0.05) is 31.0 Å². The normalized spacial score (nSPS) is 15.9. The number of benzene rings is 1. The number of hydrogen-bond acceptors (Lipinski definition) is 4. The van der Waals surface area contributed by atoms with Gasteiger partial charge < -0.3 is 15.0 Å². The Morgan fingerprint density at radius 3 is 2.26 bits per heavy atom. The van der Waals surface area contributed by atoms with Crippen LogP contribution in [0.4, 0.5) is 5.69 Å². The van der Waals surface area contributed by atoms with E-state index in [2.05, 4.69) is 5.32 Å². The molecule has 0 radical (unpaired) electrons. The van der Waals surface area contributed by atoms with E-state index in [1.807, 2.05) is 51.1 Å². The summed E-state index contributed by atoms with van der Waals surface area (Å²) in [4.78, 5) is 38.9. The molecule has 6 nitrogen and oxygen atoms in total. The molecule has 0 unspecified atom stereocenters. The third kappa shape index (κ3) is 5.81. The molecule has 0 heterocycles. The van der Waals surface area contributed by atoms with Gasteiger partial charge in [-0.3, -0.25) is 14.4 Å². The van der Waals surface area contributed by atoms with E-state index >= 15 is 0 Å². The Hall–Kier alpha value is -2.37. The summed E-state index contributed by atoms with van der Waals surface area (Å²) in [6.07, 6.45) is 3.11. The van der Waals surface area contributed by atoms with E-state index in [1.54, 1.807) is 7.05 Å². The summed E-state index contributed by atoms with van der Waals surface area (Å²) in [6, 6.07) is 9.18. The highest BCUT2D eigenvalue weighted by atomic mass is 16.5. The Morgan fingerprint density at radius 2 is 1.70 bits per heavy atom. The van der Waals surface area contributed by atoms with Gasteiger partial charge in [-0.05, 0) is 45.7 Å². The van der Waals surface area contributed by atoms with E-state index in [0.29, 0.717) is 12.8 Å². The van der Waals surface area contributed by atoms with Gasteiger partial charge in [-0.15, -0.1) is 0 Å². The fourth-order valence-electron chi connectivity index (χ4n) is 3.45. The lowest BCUT2D eigenvalue weighted by atomic mass is 9.82. The van der Waals surface area contributed by atoms with Gasteiger partial charge in [0.25, 0.3) is 5.91 Å². The van der Waals surface area contributed by atoms with Crippen molar-refractivity contribution in [3.05, 3.63) is 30.3 Å². The zero-order valence-corrected chi connectivity index (χ0v) is 16.7. The molecular weight excluding hydrogens is 344 g/mol. The fraction of sp³-hybridized carbons (Fsp3) is 0.571. The Balaban J connectivity index is 1.96. The molecule has 1 aromatic carbocycles. The number of rotatable bonds is 6. The fourth-order valence-corrected chi connectivity index (χ4v) is 3.45. The van der Waals surface area contributed by atoms with E-state index in [0.717, 1.165) is 18.5 Å². The van der Waals surface area contributed by atoms with Crippen molar-refractivity contribution in [2.45, 2.75) is 58.4 Å². The van der Waals surface area contributed by atoms with Crippen LogP contribution in [0.2, 0.25) is 0 Å². The molecule has 0 bridgehead atoms. The number of anilines is 1. The quantitative estimate of drug-likeness (QED) is 0.777. The third-order valence-electron chi connectivity index (χ3n) is 4.85. The molecule has 1 N–H and O–H groups in total. The van der Waals surface area contributed by atoms with Crippen LogP contribution in [-0.4, -0.2) is 37.0 Å². The summed E-state index contributed by atoms with van der Waals surface area (Å²) in [5.74, 6) is -0.908. The zero-order valence-electron chi connectivity index (χ0n) is 16.7. The Kier molecular flexibility index (Phi) is 6.63. The van der Waals surface area contributed by atoms with Gasteiger partial charge in [-0.2, -0.15) is 0 Å². The summed E-state index contributed by atoms with van der Waals surface area (Å²) in [5, 5.41) is 2.91. The molecule has 1 aliphatic rings. The molecule has 1 saturated carbocycles. The number of amides is 2. The second kappa shape index (κ2) is 8.55. The Labute approximate surface area is 161 Å². The van der Waals surface area contributed by atoms with E-state index < -0.39 is 11.4 Å². The van der Waals surface area contributed by atoms with Crippen molar-refractivity contribution in [2.75, 3.05) is 18.6 Å². The highest BCUT2D eigenvalue weighted by Gasteiger charge is 2.44. The number of carbonyl (C=O) groups is 3. The highest BCUT2D eigenvalue weighted by molar-refractivity contribution is 5.95. The monoisotopic (exact) mass is 374 g/mol. The minimum atomic E-state index is -0.819. The molecule has 0 atom stereocenters. The zero-order chi connectivity index (χ0) is 20.1. The van der Waals surface area contributed by atoms with Crippen LogP contribution < -0.4 is 10.2 Å². The number of likely N-dealkylation sites (N-methyl/N-ethyl adjacent to an activating group) is 1. The number of ether oxygens (including phenoxy) is 1. The summed E-state index contributed by atoms with van der Waals surface area (Å²) in [5.41, 5.74) is -0.436. The molecule has 1 fully saturated rings. The molecule has 6 heteroatoms. The molecule has 27 heavy (non-hydrogen) atoms. The SMILES string of the molecule is CN(C(=O)COC(=O)C1(CC(=O)NC(C)(C)C)CCCC1)c1ccccc1. The Morgan fingerprint density at radius 1 is 1.11 bits per heavy atom. The largest absolute Gasteiger partial charge is 0.455 e. The molecule has 1 aromatic rings. The maximum absolute atomic E-state index is 12.8. The van der Waals surface area contributed by atoms with Gasteiger partial charge in [0.15, 0.2) is 6.61 Å². The summed E-state index contributed by atoms with van der Waals surface area (Å²) in [7, 11) is 1.65. The van der Waals surface area contributed by atoms with Gasteiger partial charge in [0.05, 0.1) is 5.41 Å². The minimum Gasteiger partial charge on any atom is -0.455 e. The van der Waals surface area contributed by atoms with Crippen LogP contribution in [0.1, 0.15) is 52.9 Å². The number of nitrogens with zero attached hydrogens (tertiary/aromatic N) is 1. The molecular formula is C21H30N2O4. The first-order chi connectivity index (χ1) is 12.6. The van der Waals surface area contributed by atoms with Crippen molar-refractivity contribution in [2.24, 2.45) is 5.41 Å². The van der Waals surface area contributed by atoms with Crippen LogP contribution in [0.25, 0.3) is 0 Å². The summed E-state index contributed by atoms with van der Waals surface area (Å²) >= 11 is 0. The third-order valence-corrected chi connectivity index (χ3v) is 4.85. The second-order valence-electron chi connectivity index (χ2n) is 8.33. The number of para-hydroxylation sites is 1. The molecule has 0 aromatic heterocycles. The van der Waals surface area contributed by atoms with Crippen LogP contribution in [0.15, 0.2) is 30.3 Å². The van der Waals surface area contributed by atoms with Crippen molar-refractivity contribution in [3.63, 3.8) is 0 Å². The van der Waals surface area contributed by atoms with E-state index in [1.165, 1.54) is 4.90 Å². The average Bonchev–Trinajstić information content (AvgIpc) is 3.07. The van der Waals surface area contributed by atoms with Crippen molar-refractivity contribution < 1.29 is 19.1 Å². The maximum atomic E-state index is 12.8. The van der Waals surface area contributed by atoms with Gasteiger partial charge in [0, 0.05) is 24.7 Å². The molecule has 2 rings (SSSR count). The lowest BCUT2D eigenvalue weighted by Crippen LogP contribution is -2.45. The topological polar surface area (TPSA) is 75.7 Å². The average molecular weight is 374 g/mol. The van der Waals surface area contributed by atoms with Crippen LogP contribution in [0.5, 0.6) is 0 Å². The first kappa shape index (κ1) is 20.9. The first-order valence-electron chi connectivity index (χ1n) is 9.43. The van der Waals surface area contributed by atoms with Gasteiger partial charge >= 0.3 is 5.97 Å². The smallest absolute Gasteiger partial charge is 0.313 e. The van der Waals surface area contributed by atoms with Crippen LogP contribution in [0.3, 0.4) is 0 Å². The lowest BCUT2D eigenvalue weighted by molar-refractivity contribution is -0.160. The summed E-state index contributed by atoms with van der Waals surface area (Å²) in [6.45, 7) is 5.39. The summed E-state index contributed by atoms with van der Waals surface area (Å²) < 4.78 is 5.35. The van der Waals surface area contributed by atoms with E-state index in [-0.39, 0.29) is 30.4 Å². The van der Waals surface area contributed by atoms with Crippen LogP contribution >= 0.6 is 0 Å². The van der Waals surface area contributed by atoms with Gasteiger partial charge in [-0.25, -0.2) is 0 Å². The molecule has 0 saturated heterocycles. The molecule has 2 amide bonds. The predicted octanol–water partition coefficient (Wildman–Crippen LogP) is 3.06. The van der Waals surface area contributed by atoms with E-state index in [9.17, 15) is 14.4 Å². The first-order valence-corrected chi connectivity index (χ1v) is 9.43. The number of hydrogen-bond donors (Lipinski definition) is 1. The lowest BCUT2D eigenvalue weighted by Gasteiger charge is -2.28. The maximum Gasteiger partial charge on any atom is 0.313 e. The highest BCUT2D eigenvalue weighted by Crippen LogP contribution is 2.42. The van der Waals surface area contributed by atoms with Gasteiger partial charge in [0.1, 0.15) is 0 Å². The number of esters is 1. The van der Waals surface area contributed by atoms with E-state index in [4.69, 9.17) is 4.74 Å². The van der Waals surface area contributed by atoms with Gasteiger partial charge in [0.2, 0.25) is 5.91 Å². The molecule has 0 spiro atoms. The van der Waals surface area contributed by atoms with Crippen molar-refractivity contribution in [1.29, 1.82) is 0 Å². The van der Waals surface area contributed by atoms with Crippen LogP contribution in [0, 0.1) is 5.41 Å². The predicted molar refractivity (Wildman–Crippen MR) is 104 cm³/mol. The molecule has 148 valence electrons.